The van der Waals surface area contributed by atoms with E-state index >= 15 is 0 Å². The maximum atomic E-state index is 13.6. The molecular weight excluding hydrogens is 1280 g/mol. The van der Waals surface area contributed by atoms with Crippen LogP contribution in [-0.2, 0) is 23.0 Å². The summed E-state index contributed by atoms with van der Waals surface area (Å²) < 4.78 is 96.2. The van der Waals surface area contributed by atoms with Gasteiger partial charge in [0.1, 0.15) is 25.6 Å². The van der Waals surface area contributed by atoms with Crippen molar-refractivity contribution in [2.45, 2.75) is 197 Å². The number of carbonyl (C=O) groups is 1. The van der Waals surface area contributed by atoms with Gasteiger partial charge in [-0.25, -0.2) is 13.2 Å². The molecule has 9 N–H and O–H groups in total. The molecule has 10 unspecified atom stereocenters. The summed E-state index contributed by atoms with van der Waals surface area (Å²) >= 11 is 0. The Bertz CT molecular complexity index is 2770. The number of hydrogen-bond donors (Lipinski definition) is 9. The van der Waals surface area contributed by atoms with Crippen LogP contribution in [0.3, 0.4) is 0 Å². The van der Waals surface area contributed by atoms with Crippen LogP contribution in [0, 0.1) is 53.0 Å². The van der Waals surface area contributed by atoms with Crippen molar-refractivity contribution in [1.29, 1.82) is 0 Å². The van der Waals surface area contributed by atoms with E-state index in [-0.39, 0.29) is 120 Å². The van der Waals surface area contributed by atoms with Gasteiger partial charge >= 0.3 is 29.6 Å². The Balaban J connectivity index is 0.000000362. The maximum absolute atomic E-state index is 13.6. The molecular formula is C67H106F3NNaO18P3. The van der Waals surface area contributed by atoms with Crippen LogP contribution in [0.1, 0.15) is 154 Å². The number of unbranched alkanes of at least 4 members (excludes halogenated alkanes) is 9. The molecule has 19 nitrogen and oxygen atoms in total. The van der Waals surface area contributed by atoms with Gasteiger partial charge in [0.25, 0.3) is 0 Å². The first-order valence-electron chi connectivity index (χ1n) is 32.9. The molecule has 6 rings (SSSR count). The number of carbonyl (C=O) groups excluding carboxylic acids is 1. The van der Waals surface area contributed by atoms with Gasteiger partial charge < -0.3 is 74.0 Å². The zero-order chi connectivity index (χ0) is 67.9. The minimum absolute atomic E-state index is 0. The third kappa shape index (κ3) is 33.1. The van der Waals surface area contributed by atoms with Crippen LogP contribution in [0.15, 0.2) is 78.0 Å². The molecule has 0 spiro atoms. The summed E-state index contributed by atoms with van der Waals surface area (Å²) in [5.41, 5.74) is 0.540. The third-order valence-electron chi connectivity index (χ3n) is 18.1. The number of halogens is 3. The molecule has 0 heterocycles. The molecule has 0 radical (unpaired) electrons. The zero-order valence-electron chi connectivity index (χ0n) is 55.3. The number of ketones is 1. The van der Waals surface area contributed by atoms with Crippen molar-refractivity contribution in [1.82, 2.24) is 0 Å². The molecule has 3 aromatic rings. The SMILES string of the molecule is COP(C)(=O)CCCCCC[C@H]1C(O)CC(O)[C@@H]1CCC(O)COc1ccccc1F.CP(=O)(O)CCCCCC[C@H]1C(O)CC(=O)[C@@H]1CC[C@@H](O)COc1ccccc1F.CP(=O)([O-])CCCCCC[C@H]1C(O)C/C(=N/O)C1CCC(O)COc1ccccc1F.[Na+]. The first kappa shape index (κ1) is 84.5. The molecule has 524 valence electrons. The quantitative estimate of drug-likeness (QED) is 0.00848. The molecule has 3 aliphatic rings. The Morgan fingerprint density at radius 2 is 0.882 bits per heavy atom. The topological polar surface area (TPSA) is 323 Å². The third-order valence-corrected chi connectivity index (χ3v) is 22.2. The number of nitrogens with zero attached hydrogens (tertiary/aromatic N) is 1. The van der Waals surface area contributed by atoms with Gasteiger partial charge in [-0.1, -0.05) is 99.3 Å². The number of ether oxygens (including phenoxy) is 3. The molecule has 0 saturated heterocycles. The first-order chi connectivity index (χ1) is 43.6. The Labute approximate surface area is 571 Å². The molecule has 0 amide bonds. The van der Waals surface area contributed by atoms with E-state index in [0.29, 0.717) is 82.2 Å². The Kier molecular flexibility index (Phi) is 40.3. The van der Waals surface area contributed by atoms with Crippen LogP contribution in [0.2, 0.25) is 0 Å². The van der Waals surface area contributed by atoms with Crippen molar-refractivity contribution in [3.05, 3.63) is 90.2 Å². The minimum Gasteiger partial charge on any atom is -0.799 e. The largest absolute Gasteiger partial charge is 1.00 e. The van der Waals surface area contributed by atoms with E-state index in [1.807, 2.05) is 0 Å². The van der Waals surface area contributed by atoms with Gasteiger partial charge in [0.15, 0.2) is 49.4 Å². The number of hydrogen-bond acceptors (Lipinski definition) is 18. The number of aliphatic hydroxyl groups excluding tert-OH is 7. The molecule has 3 aromatic carbocycles. The van der Waals surface area contributed by atoms with E-state index in [1.54, 1.807) is 43.1 Å². The van der Waals surface area contributed by atoms with Gasteiger partial charge in [-0.05, 0) is 156 Å². The molecule has 16 atom stereocenters. The molecule has 0 bridgehead atoms. The van der Waals surface area contributed by atoms with Crippen molar-refractivity contribution >= 4 is 33.6 Å². The van der Waals surface area contributed by atoms with E-state index in [4.69, 9.17) is 18.7 Å². The maximum Gasteiger partial charge on any atom is 1.00 e. The summed E-state index contributed by atoms with van der Waals surface area (Å²) in [6.07, 6.45) is 12.4. The van der Waals surface area contributed by atoms with E-state index in [1.165, 1.54) is 56.8 Å². The predicted octanol–water partition coefficient (Wildman–Crippen LogP) is 8.37. The fourth-order valence-corrected chi connectivity index (χ4v) is 15.4. The Morgan fingerprint density at radius 3 is 1.30 bits per heavy atom. The number of Topliss-reactive ketones (excluding diaryl/α,β-unsaturated/α-hetero) is 1. The minimum atomic E-state index is -3.20. The first-order valence-corrected chi connectivity index (χ1v) is 39.7. The molecule has 3 fully saturated rings. The number of para-hydroxylation sites is 3. The molecule has 93 heavy (non-hydrogen) atoms. The van der Waals surface area contributed by atoms with Crippen LogP contribution in [0.5, 0.6) is 17.2 Å². The summed E-state index contributed by atoms with van der Waals surface area (Å²) in [4.78, 5) is 32.8. The van der Waals surface area contributed by atoms with Crippen LogP contribution in [-0.4, -0.2) is 165 Å². The van der Waals surface area contributed by atoms with Crippen molar-refractivity contribution in [3.63, 3.8) is 0 Å². The number of oxime groups is 1. The second kappa shape index (κ2) is 44.3. The fourth-order valence-electron chi connectivity index (χ4n) is 12.8. The van der Waals surface area contributed by atoms with Crippen molar-refractivity contribution in [2.75, 3.05) is 65.4 Å². The Morgan fingerprint density at radius 1 is 0.516 bits per heavy atom. The van der Waals surface area contributed by atoms with Gasteiger partial charge in [-0.2, -0.15) is 0 Å². The Hall–Kier alpha value is -2.72. The second-order valence-corrected chi connectivity index (χ2v) is 33.7. The molecule has 3 saturated carbocycles. The summed E-state index contributed by atoms with van der Waals surface area (Å²) in [5, 5.41) is 84.8. The van der Waals surface area contributed by atoms with Gasteiger partial charge in [-0.3, -0.25) is 13.9 Å². The molecule has 0 aliphatic heterocycles. The van der Waals surface area contributed by atoms with E-state index in [2.05, 4.69) is 5.16 Å². The normalized spacial score (nSPS) is 25.2. The van der Waals surface area contributed by atoms with E-state index in [0.717, 1.165) is 83.5 Å². The summed E-state index contributed by atoms with van der Waals surface area (Å²) in [7, 11) is -7.11. The van der Waals surface area contributed by atoms with Crippen LogP contribution >= 0.6 is 22.1 Å². The van der Waals surface area contributed by atoms with Crippen LogP contribution in [0.25, 0.3) is 0 Å². The van der Waals surface area contributed by atoms with Crippen LogP contribution < -0.4 is 48.7 Å². The van der Waals surface area contributed by atoms with Crippen molar-refractivity contribution < 1.29 is 131 Å². The predicted molar refractivity (Wildman–Crippen MR) is 348 cm³/mol. The number of aliphatic hydroxyl groups is 7. The van der Waals surface area contributed by atoms with E-state index in [9.17, 15) is 82.4 Å². The summed E-state index contributed by atoms with van der Waals surface area (Å²) in [5.74, 6) is -1.79. The van der Waals surface area contributed by atoms with Gasteiger partial charge in [0, 0.05) is 64.8 Å². The average molecular weight is 1390 g/mol. The summed E-state index contributed by atoms with van der Waals surface area (Å²) in [6.45, 7) is 4.17. The average Bonchev–Trinajstić information content (AvgIpc) is 1.73. The zero-order valence-corrected chi connectivity index (χ0v) is 60.0. The standard InChI is InChI=1S/C23H38FO6P.C22H35FNO6P.C22H34FO6P.Na/c1-29-31(2,28)14-8-4-3-5-9-18-19(22(27)15-21(18)26)13-12-17(25)16-30-23-11-7-6-10-20(23)24;1-31(28,29)13-7-3-2-4-8-18-17(20(24-27)14-21(18)26)12-11-16(25)15-30-22-10-6-5-9-19(22)23;1-30(27,28)13-7-3-2-4-8-17-18(21(26)14-20(17)25)12-11-16(24)15-29-22-10-6-5-9-19(22)23;/h6-7,10-11,17-19,21-22,25-27H,3-5,8-9,12-16H2,1-2H3;5-6,9-10,16-18,21,25-27H,2-4,7-8,11-15H2,1H3,(H,28,29);5-6,9-10,16-18,20,24-25H,2-4,7-8,11-15H2,1H3,(H,27,28);/q;;;+1/p-1/b;24-20-;;/t17?,18-,19-,21?,22?,31?;16?,17?,18-,21?;16-,17-,18-,20?;/m111./s1. The fraction of sp³-hybridized carbons (Fsp3) is 0.701. The van der Waals surface area contributed by atoms with Gasteiger partial charge in [0.2, 0.25) is 0 Å². The molecule has 3 aliphatic carbocycles. The van der Waals surface area contributed by atoms with Crippen LogP contribution in [0.4, 0.5) is 13.2 Å². The smallest absolute Gasteiger partial charge is 0.799 e. The van der Waals surface area contributed by atoms with Gasteiger partial charge in [-0.15, -0.1) is 0 Å². The second-order valence-electron chi connectivity index (χ2n) is 25.8. The van der Waals surface area contributed by atoms with E-state index < -0.39 is 82.3 Å². The number of benzene rings is 3. The molecule has 26 heteroatoms. The number of rotatable bonds is 40. The van der Waals surface area contributed by atoms with Crippen molar-refractivity contribution in [3.8, 4) is 17.2 Å². The molecule has 0 aromatic heterocycles. The van der Waals surface area contributed by atoms with Gasteiger partial charge in [0.05, 0.1) is 48.4 Å². The monoisotopic (exact) mass is 1390 g/mol. The van der Waals surface area contributed by atoms with Crippen molar-refractivity contribution in [2.24, 2.45) is 40.7 Å². The summed E-state index contributed by atoms with van der Waals surface area (Å²) in [6, 6.07) is 18.1.